The molecule has 0 bridgehead atoms. The van der Waals surface area contributed by atoms with E-state index >= 15 is 0 Å². The Labute approximate surface area is 150 Å². The molecule has 3 rings (SSSR count). The molecule has 0 aliphatic heterocycles. The molecule has 0 spiro atoms. The quantitative estimate of drug-likeness (QED) is 0.700. The van der Waals surface area contributed by atoms with E-state index in [1.165, 1.54) is 5.56 Å². The van der Waals surface area contributed by atoms with Gasteiger partial charge in [0.15, 0.2) is 0 Å². The summed E-state index contributed by atoms with van der Waals surface area (Å²) in [5.41, 5.74) is 3.41. The van der Waals surface area contributed by atoms with Crippen LogP contribution in [0.2, 0.25) is 0 Å². The van der Waals surface area contributed by atoms with Gasteiger partial charge in [0.05, 0.1) is 17.2 Å². The predicted octanol–water partition coefficient (Wildman–Crippen LogP) is 3.84. The van der Waals surface area contributed by atoms with Crippen molar-refractivity contribution in [2.75, 3.05) is 0 Å². The van der Waals surface area contributed by atoms with Crippen molar-refractivity contribution in [3.8, 4) is 11.1 Å². The zero-order chi connectivity index (χ0) is 16.9. The third-order valence-corrected chi connectivity index (χ3v) is 4.31. The zero-order valence-electron chi connectivity index (χ0n) is 13.7. The molecule has 2 heterocycles. The average molecular weight is 386 g/mol. The van der Waals surface area contributed by atoms with Crippen LogP contribution in [0, 0.1) is 0 Å². The van der Waals surface area contributed by atoms with Gasteiger partial charge in [0.25, 0.3) is 0 Å². The Hall–Kier alpha value is -2.05. The van der Waals surface area contributed by atoms with Crippen molar-refractivity contribution in [3.05, 3.63) is 65.4 Å². The lowest BCUT2D eigenvalue weighted by Gasteiger charge is -2.20. The van der Waals surface area contributed by atoms with Crippen molar-refractivity contribution in [1.29, 1.82) is 0 Å². The van der Waals surface area contributed by atoms with Crippen LogP contribution in [0.25, 0.3) is 11.1 Å². The van der Waals surface area contributed by atoms with Gasteiger partial charge in [-0.05, 0) is 40.9 Å². The minimum atomic E-state index is 0.264. The van der Waals surface area contributed by atoms with Crippen LogP contribution in [0.5, 0.6) is 0 Å². The third-order valence-electron chi connectivity index (χ3n) is 3.90. The Morgan fingerprint density at radius 1 is 1.04 bits per heavy atom. The van der Waals surface area contributed by atoms with Gasteiger partial charge in [0.2, 0.25) is 0 Å². The molecule has 0 unspecified atom stereocenters. The zero-order valence-corrected chi connectivity index (χ0v) is 15.3. The van der Waals surface area contributed by atoms with Gasteiger partial charge in [-0.1, -0.05) is 24.3 Å². The Morgan fingerprint density at radius 2 is 1.75 bits per heavy atom. The Morgan fingerprint density at radius 3 is 2.38 bits per heavy atom. The minimum Gasteiger partial charge on any atom is -0.306 e. The van der Waals surface area contributed by atoms with Crippen molar-refractivity contribution in [2.45, 2.75) is 32.5 Å². The molecule has 6 heteroatoms. The van der Waals surface area contributed by atoms with E-state index in [-0.39, 0.29) is 6.04 Å². The summed E-state index contributed by atoms with van der Waals surface area (Å²) in [6.07, 6.45) is 8.99. The second-order valence-corrected chi connectivity index (χ2v) is 6.83. The Balaban J connectivity index is 1.61. The molecule has 0 saturated heterocycles. The van der Waals surface area contributed by atoms with E-state index in [4.69, 9.17) is 0 Å². The number of benzene rings is 1. The first kappa shape index (κ1) is 16.8. The van der Waals surface area contributed by atoms with Crippen LogP contribution >= 0.6 is 15.9 Å². The molecule has 24 heavy (non-hydrogen) atoms. The van der Waals surface area contributed by atoms with Gasteiger partial charge in [-0.15, -0.1) is 0 Å². The van der Waals surface area contributed by atoms with E-state index in [9.17, 15) is 0 Å². The molecular formula is C18H20BrN5. The Kier molecular flexibility index (Phi) is 5.37. The van der Waals surface area contributed by atoms with Crippen LogP contribution in [0.3, 0.4) is 0 Å². The smallest absolute Gasteiger partial charge is 0.115 e. The van der Waals surface area contributed by atoms with Gasteiger partial charge in [-0.25, -0.2) is 9.97 Å². The summed E-state index contributed by atoms with van der Waals surface area (Å²) in [6.45, 7) is 5.17. The second-order valence-electron chi connectivity index (χ2n) is 5.92. The molecule has 2 aromatic heterocycles. The van der Waals surface area contributed by atoms with Crippen LogP contribution in [-0.4, -0.2) is 25.8 Å². The summed E-state index contributed by atoms with van der Waals surface area (Å²) < 4.78 is 2.94. The number of nitrogens with one attached hydrogen (secondary N) is 1. The number of rotatable bonds is 6. The van der Waals surface area contributed by atoms with Crippen LogP contribution < -0.4 is 5.32 Å². The number of halogens is 1. The molecule has 0 radical (unpaired) electrons. The average Bonchev–Trinajstić information content (AvgIpc) is 3.00. The second kappa shape index (κ2) is 7.68. The molecule has 3 aromatic rings. The van der Waals surface area contributed by atoms with E-state index < -0.39 is 0 Å². The van der Waals surface area contributed by atoms with Crippen molar-refractivity contribution in [3.63, 3.8) is 0 Å². The number of aromatic nitrogens is 4. The van der Waals surface area contributed by atoms with Gasteiger partial charge >= 0.3 is 0 Å². The van der Waals surface area contributed by atoms with Crippen molar-refractivity contribution in [1.82, 2.24) is 25.1 Å². The first-order valence-corrected chi connectivity index (χ1v) is 8.70. The van der Waals surface area contributed by atoms with Crippen LogP contribution in [0.15, 0.2) is 59.9 Å². The fourth-order valence-corrected chi connectivity index (χ4v) is 3.03. The van der Waals surface area contributed by atoms with Crippen LogP contribution in [0.4, 0.5) is 0 Å². The van der Waals surface area contributed by atoms with E-state index in [0.717, 1.165) is 22.1 Å². The maximum Gasteiger partial charge on any atom is 0.115 e. The van der Waals surface area contributed by atoms with Gasteiger partial charge in [-0.2, -0.15) is 5.10 Å². The van der Waals surface area contributed by atoms with Gasteiger partial charge in [0, 0.05) is 36.2 Å². The lowest BCUT2D eigenvalue weighted by atomic mass is 10.0. The number of nitrogens with zero attached hydrogens (tertiary/aromatic N) is 4. The molecule has 0 aliphatic carbocycles. The third kappa shape index (κ3) is 4.27. The fourth-order valence-electron chi connectivity index (χ4n) is 2.71. The summed E-state index contributed by atoms with van der Waals surface area (Å²) in [4.78, 5) is 8.13. The highest BCUT2D eigenvalue weighted by Crippen LogP contribution is 2.21. The van der Waals surface area contributed by atoms with E-state index in [2.05, 4.69) is 74.4 Å². The monoisotopic (exact) mass is 385 g/mol. The molecule has 1 aromatic carbocycles. The standard InChI is InChI=1S/C18H20BrN5/c1-13(10-24-11-18(19)9-22-24)23-14(2)15-3-5-16(6-4-15)17-7-20-12-21-8-17/h3-9,11-14,23H,10H2,1-2H3/t13-,14+/m0/s1. The largest absolute Gasteiger partial charge is 0.306 e. The summed E-state index contributed by atoms with van der Waals surface area (Å²) in [5.74, 6) is 0. The van der Waals surface area contributed by atoms with Crippen LogP contribution in [-0.2, 0) is 6.54 Å². The molecule has 0 saturated carbocycles. The summed E-state index contributed by atoms with van der Waals surface area (Å²) in [6, 6.07) is 9.10. The van der Waals surface area contributed by atoms with Gasteiger partial charge < -0.3 is 5.32 Å². The van der Waals surface area contributed by atoms with E-state index in [0.29, 0.717) is 6.04 Å². The summed E-state index contributed by atoms with van der Waals surface area (Å²) in [7, 11) is 0. The van der Waals surface area contributed by atoms with Crippen molar-refractivity contribution >= 4 is 15.9 Å². The highest BCUT2D eigenvalue weighted by atomic mass is 79.9. The first-order valence-electron chi connectivity index (χ1n) is 7.91. The highest BCUT2D eigenvalue weighted by molar-refractivity contribution is 9.10. The molecular weight excluding hydrogens is 366 g/mol. The van der Waals surface area contributed by atoms with E-state index in [1.54, 1.807) is 6.33 Å². The van der Waals surface area contributed by atoms with Crippen LogP contribution in [0.1, 0.15) is 25.5 Å². The lowest BCUT2D eigenvalue weighted by molar-refractivity contribution is 0.413. The maximum absolute atomic E-state index is 4.30. The molecule has 0 aliphatic rings. The van der Waals surface area contributed by atoms with Gasteiger partial charge in [-0.3, -0.25) is 4.68 Å². The summed E-state index contributed by atoms with van der Waals surface area (Å²) >= 11 is 3.42. The summed E-state index contributed by atoms with van der Waals surface area (Å²) in [5, 5.41) is 7.91. The maximum atomic E-state index is 4.30. The van der Waals surface area contributed by atoms with Gasteiger partial charge in [0.1, 0.15) is 6.33 Å². The number of hydrogen-bond acceptors (Lipinski definition) is 4. The topological polar surface area (TPSA) is 55.6 Å². The Bertz CT molecular complexity index is 770. The molecule has 0 fully saturated rings. The number of hydrogen-bond donors (Lipinski definition) is 1. The van der Waals surface area contributed by atoms with E-state index in [1.807, 2.05) is 29.5 Å². The molecule has 2 atom stereocenters. The van der Waals surface area contributed by atoms with Crippen molar-refractivity contribution in [2.24, 2.45) is 0 Å². The minimum absolute atomic E-state index is 0.264. The molecule has 1 N–H and O–H groups in total. The fraction of sp³-hybridized carbons (Fsp3) is 0.278. The normalized spacial score (nSPS) is 13.6. The lowest BCUT2D eigenvalue weighted by Crippen LogP contribution is -2.32. The molecule has 0 amide bonds. The van der Waals surface area contributed by atoms with Crippen molar-refractivity contribution < 1.29 is 0 Å². The molecule has 124 valence electrons. The SMILES string of the molecule is C[C@@H](Cn1cc(Br)cn1)N[C@H](C)c1ccc(-c2cncnc2)cc1. The first-order chi connectivity index (χ1) is 11.6. The highest BCUT2D eigenvalue weighted by Gasteiger charge is 2.11. The predicted molar refractivity (Wildman–Crippen MR) is 98.4 cm³/mol. The molecule has 5 nitrogen and oxygen atoms in total.